The smallest absolute Gasteiger partial charge is 0.247 e. The van der Waals surface area contributed by atoms with Gasteiger partial charge in [-0.2, -0.15) is 10.1 Å². The third kappa shape index (κ3) is 8.13. The molecule has 0 aliphatic carbocycles. The highest BCUT2D eigenvalue weighted by molar-refractivity contribution is 5.99. The number of anilines is 5. The molecule has 0 saturated carbocycles. The molecule has 2 aromatic heterocycles. The number of Topliss-reactive ketones (excluding diaryl/α,β-unsaturated/α-hetero) is 1. The molecular weight excluding hydrogens is 587 g/mol. The standard InChI is InChI=1S/C32H32F3N7O3/c1-7-29(44)38-23-8-9-27(34)28(14-23)40-30-26(16-36-31(41-30)39-24-15-37-42(6)17-24)21-11-22(33)13-25(12-21)45-19(3)10-18(2)32(5,35)20(4)43/h7-9,11-17,19H,1-2,10H2,3-6H3,(H,38,44)(H2,36,39,40,41). The molecule has 3 N–H and O–H groups in total. The van der Waals surface area contributed by atoms with Gasteiger partial charge in [0.1, 0.15) is 23.2 Å². The Hall–Kier alpha value is -5.46. The summed E-state index contributed by atoms with van der Waals surface area (Å²) in [5, 5.41) is 12.6. The van der Waals surface area contributed by atoms with Crippen molar-refractivity contribution in [3.05, 3.63) is 91.4 Å². The lowest BCUT2D eigenvalue weighted by atomic mass is 9.91. The first-order valence-corrected chi connectivity index (χ1v) is 13.7. The fourth-order valence-electron chi connectivity index (χ4n) is 4.23. The third-order valence-electron chi connectivity index (χ3n) is 6.80. The molecular formula is C32H32F3N7O3. The zero-order valence-corrected chi connectivity index (χ0v) is 25.1. The molecule has 10 nitrogen and oxygen atoms in total. The number of halogens is 3. The van der Waals surface area contributed by atoms with Crippen molar-refractivity contribution >= 4 is 40.5 Å². The van der Waals surface area contributed by atoms with Crippen LogP contribution in [0.1, 0.15) is 27.2 Å². The van der Waals surface area contributed by atoms with E-state index in [0.29, 0.717) is 11.4 Å². The van der Waals surface area contributed by atoms with Crippen LogP contribution in [0, 0.1) is 11.6 Å². The van der Waals surface area contributed by atoms with E-state index >= 15 is 0 Å². The van der Waals surface area contributed by atoms with E-state index in [-0.39, 0.29) is 46.3 Å². The minimum Gasteiger partial charge on any atom is -0.490 e. The van der Waals surface area contributed by atoms with Gasteiger partial charge in [0.2, 0.25) is 11.9 Å². The van der Waals surface area contributed by atoms with Crippen LogP contribution in [0.4, 0.5) is 42.0 Å². The average molecular weight is 620 g/mol. The van der Waals surface area contributed by atoms with Crippen molar-refractivity contribution < 1.29 is 27.5 Å². The Balaban J connectivity index is 1.70. The van der Waals surface area contributed by atoms with Crippen molar-refractivity contribution in [2.75, 3.05) is 16.0 Å². The van der Waals surface area contributed by atoms with Crippen molar-refractivity contribution in [3.8, 4) is 16.9 Å². The Bertz CT molecular complexity index is 1770. The molecule has 13 heteroatoms. The van der Waals surface area contributed by atoms with Crippen molar-refractivity contribution in [2.24, 2.45) is 7.05 Å². The molecule has 0 bridgehead atoms. The molecule has 1 amide bonds. The number of ketones is 1. The molecule has 234 valence electrons. The zero-order valence-electron chi connectivity index (χ0n) is 25.1. The largest absolute Gasteiger partial charge is 0.490 e. The lowest BCUT2D eigenvalue weighted by Crippen LogP contribution is -2.32. The molecule has 4 rings (SSSR count). The van der Waals surface area contributed by atoms with Crippen LogP contribution in [0.15, 0.2) is 79.8 Å². The lowest BCUT2D eigenvalue weighted by Gasteiger charge is -2.23. The van der Waals surface area contributed by atoms with Gasteiger partial charge in [-0.1, -0.05) is 13.2 Å². The fourth-order valence-corrected chi connectivity index (χ4v) is 4.23. The van der Waals surface area contributed by atoms with Gasteiger partial charge in [0.25, 0.3) is 0 Å². The number of nitrogens with zero attached hydrogens (tertiary/aromatic N) is 4. The Labute approximate surface area is 258 Å². The molecule has 0 spiro atoms. The fraction of sp³-hybridized carbons (Fsp3) is 0.219. The summed E-state index contributed by atoms with van der Waals surface area (Å²) in [6.07, 6.45) is 5.09. The third-order valence-corrected chi connectivity index (χ3v) is 6.80. The number of carbonyl (C=O) groups is 2. The van der Waals surface area contributed by atoms with Crippen LogP contribution in [-0.2, 0) is 16.6 Å². The van der Waals surface area contributed by atoms with E-state index < -0.39 is 35.1 Å². The van der Waals surface area contributed by atoms with Gasteiger partial charge >= 0.3 is 0 Å². The van der Waals surface area contributed by atoms with Gasteiger partial charge in [-0.3, -0.25) is 14.3 Å². The quantitative estimate of drug-likeness (QED) is 0.110. The van der Waals surface area contributed by atoms with Gasteiger partial charge in [0.05, 0.1) is 23.7 Å². The number of benzene rings is 2. The van der Waals surface area contributed by atoms with Crippen molar-refractivity contribution in [1.82, 2.24) is 19.7 Å². The molecule has 2 unspecified atom stereocenters. The Morgan fingerprint density at radius 2 is 1.89 bits per heavy atom. The topological polar surface area (TPSA) is 123 Å². The first-order valence-electron chi connectivity index (χ1n) is 13.7. The SMILES string of the molecule is C=CC(=O)Nc1ccc(F)c(Nc2nc(Nc3cnn(C)c3)ncc2-c2cc(F)cc(OC(C)CC(=C)C(C)(F)C(C)=O)c2)c1. The van der Waals surface area contributed by atoms with Gasteiger partial charge in [-0.05, 0) is 68.3 Å². The monoisotopic (exact) mass is 619 g/mol. The van der Waals surface area contributed by atoms with Crippen LogP contribution >= 0.6 is 0 Å². The van der Waals surface area contributed by atoms with Gasteiger partial charge in [-0.15, -0.1) is 0 Å². The number of ether oxygens (including phenoxy) is 1. The summed E-state index contributed by atoms with van der Waals surface area (Å²) in [7, 11) is 1.74. The molecule has 2 heterocycles. The summed E-state index contributed by atoms with van der Waals surface area (Å²) < 4.78 is 52.1. The Morgan fingerprint density at radius 1 is 1.13 bits per heavy atom. The molecule has 0 aliphatic heterocycles. The number of carbonyl (C=O) groups excluding carboxylic acids is 2. The van der Waals surface area contributed by atoms with Crippen LogP contribution in [0.3, 0.4) is 0 Å². The molecule has 0 radical (unpaired) electrons. The number of hydrogen-bond donors (Lipinski definition) is 3. The molecule has 0 aliphatic rings. The summed E-state index contributed by atoms with van der Waals surface area (Å²) in [6, 6.07) is 7.81. The van der Waals surface area contributed by atoms with Gasteiger partial charge < -0.3 is 20.7 Å². The Kier molecular flexibility index (Phi) is 9.70. The van der Waals surface area contributed by atoms with Crippen molar-refractivity contribution in [1.29, 1.82) is 0 Å². The maximum atomic E-state index is 15.0. The van der Waals surface area contributed by atoms with E-state index in [1.54, 1.807) is 31.0 Å². The number of aromatic nitrogens is 4. The first-order chi connectivity index (χ1) is 21.2. The summed E-state index contributed by atoms with van der Waals surface area (Å²) in [5.41, 5.74) is -0.798. The molecule has 0 fully saturated rings. The maximum Gasteiger partial charge on any atom is 0.247 e. The van der Waals surface area contributed by atoms with Crippen molar-refractivity contribution in [2.45, 2.75) is 39.0 Å². The second kappa shape index (κ2) is 13.5. The van der Waals surface area contributed by atoms with Crippen LogP contribution < -0.4 is 20.7 Å². The van der Waals surface area contributed by atoms with Gasteiger partial charge in [0, 0.05) is 43.2 Å². The highest BCUT2D eigenvalue weighted by Gasteiger charge is 2.33. The highest BCUT2D eigenvalue weighted by Crippen LogP contribution is 2.35. The lowest BCUT2D eigenvalue weighted by molar-refractivity contribution is -0.125. The van der Waals surface area contributed by atoms with E-state index in [4.69, 9.17) is 4.74 Å². The average Bonchev–Trinajstić information content (AvgIpc) is 3.38. The highest BCUT2D eigenvalue weighted by atomic mass is 19.1. The second-order valence-electron chi connectivity index (χ2n) is 10.5. The van der Waals surface area contributed by atoms with Gasteiger partial charge in [-0.25, -0.2) is 18.2 Å². The summed E-state index contributed by atoms with van der Waals surface area (Å²) >= 11 is 0. The molecule has 4 aromatic rings. The number of hydrogen-bond acceptors (Lipinski definition) is 8. The summed E-state index contributed by atoms with van der Waals surface area (Å²) in [4.78, 5) is 32.4. The van der Waals surface area contributed by atoms with Crippen LogP contribution in [0.2, 0.25) is 0 Å². The van der Waals surface area contributed by atoms with Crippen molar-refractivity contribution in [3.63, 3.8) is 0 Å². The van der Waals surface area contributed by atoms with E-state index in [2.05, 4.69) is 44.2 Å². The van der Waals surface area contributed by atoms with E-state index in [0.717, 1.165) is 32.1 Å². The van der Waals surface area contributed by atoms with Crippen LogP contribution in [0.5, 0.6) is 5.75 Å². The summed E-state index contributed by atoms with van der Waals surface area (Å²) in [6.45, 7) is 11.0. The van der Waals surface area contributed by atoms with E-state index in [9.17, 15) is 22.8 Å². The molecule has 2 atom stereocenters. The van der Waals surface area contributed by atoms with Crippen LogP contribution in [-0.4, -0.2) is 43.2 Å². The first kappa shape index (κ1) is 32.5. The Morgan fingerprint density at radius 3 is 2.56 bits per heavy atom. The second-order valence-corrected chi connectivity index (χ2v) is 10.5. The number of aryl methyl sites for hydroxylation is 1. The molecule has 45 heavy (non-hydrogen) atoms. The predicted octanol–water partition coefficient (Wildman–Crippen LogP) is 6.80. The normalized spacial score (nSPS) is 12.9. The number of amides is 1. The zero-order chi connectivity index (χ0) is 32.9. The van der Waals surface area contributed by atoms with Gasteiger partial charge in [0.15, 0.2) is 11.5 Å². The maximum absolute atomic E-state index is 15.0. The minimum absolute atomic E-state index is 0.00105. The summed E-state index contributed by atoms with van der Waals surface area (Å²) in [5.74, 6) is -2.14. The number of rotatable bonds is 13. The molecule has 2 aromatic carbocycles. The predicted molar refractivity (Wildman–Crippen MR) is 166 cm³/mol. The number of alkyl halides is 1. The minimum atomic E-state index is -2.23. The number of nitrogens with one attached hydrogen (secondary N) is 3. The molecule has 0 saturated heterocycles. The van der Waals surface area contributed by atoms with Crippen LogP contribution in [0.25, 0.3) is 11.1 Å². The van der Waals surface area contributed by atoms with E-state index in [1.165, 1.54) is 30.5 Å². The van der Waals surface area contributed by atoms with E-state index in [1.807, 2.05) is 0 Å².